The third-order valence-corrected chi connectivity index (χ3v) is 7.76. The van der Waals surface area contributed by atoms with Crippen LogP contribution in [-0.2, 0) is 11.2 Å². The van der Waals surface area contributed by atoms with Gasteiger partial charge in [-0.2, -0.15) is 10.5 Å². The molecule has 3 rings (SSSR count). The number of nitrogens with one attached hydrogen (secondary N) is 1. The van der Waals surface area contributed by atoms with Gasteiger partial charge in [0.2, 0.25) is 5.91 Å². The Labute approximate surface area is 206 Å². The average molecular weight is 477 g/mol. The van der Waals surface area contributed by atoms with Crippen molar-refractivity contribution in [2.24, 2.45) is 5.73 Å². The first kappa shape index (κ1) is 25.6. The molecule has 2 heterocycles. The summed E-state index contributed by atoms with van der Waals surface area (Å²) in [6.45, 7) is 6.24. The van der Waals surface area contributed by atoms with Gasteiger partial charge in [0.15, 0.2) is 0 Å². The van der Waals surface area contributed by atoms with Crippen LogP contribution in [0.2, 0.25) is 0 Å². The molecule has 0 bridgehead atoms. The molecule has 4 unspecified atom stereocenters. The Balaban J connectivity index is 2.03. The Morgan fingerprint density at radius 1 is 1.26 bits per heavy atom. The molecule has 1 aliphatic rings. The largest absolute Gasteiger partial charge is 0.368 e. The van der Waals surface area contributed by atoms with E-state index in [4.69, 9.17) is 10.7 Å². The second-order valence-corrected chi connectivity index (χ2v) is 9.99. The summed E-state index contributed by atoms with van der Waals surface area (Å²) in [7, 11) is 1.94. The second kappa shape index (κ2) is 11.4. The highest BCUT2D eigenvalue weighted by atomic mass is 32.2. The lowest BCUT2D eigenvalue weighted by Crippen LogP contribution is -2.37. The quantitative estimate of drug-likeness (QED) is 0.524. The van der Waals surface area contributed by atoms with E-state index in [9.17, 15) is 15.3 Å². The van der Waals surface area contributed by atoms with E-state index in [2.05, 4.69) is 31.3 Å². The lowest BCUT2D eigenvalue weighted by atomic mass is 10.0. The van der Waals surface area contributed by atoms with Crippen LogP contribution >= 0.6 is 11.8 Å². The van der Waals surface area contributed by atoms with Crippen molar-refractivity contribution in [1.82, 2.24) is 10.3 Å². The number of hydrogen-bond acceptors (Lipinski definition) is 7. The van der Waals surface area contributed by atoms with E-state index in [1.165, 1.54) is 11.8 Å². The number of nitrogens with zero attached hydrogens (tertiary/aromatic N) is 4. The van der Waals surface area contributed by atoms with Crippen molar-refractivity contribution in [3.8, 4) is 12.1 Å². The maximum Gasteiger partial charge on any atom is 0.235 e. The van der Waals surface area contributed by atoms with Crippen molar-refractivity contribution in [3.63, 3.8) is 0 Å². The van der Waals surface area contributed by atoms with Gasteiger partial charge in [-0.25, -0.2) is 4.98 Å². The second-order valence-electron chi connectivity index (χ2n) is 8.89. The third kappa shape index (κ3) is 5.52. The summed E-state index contributed by atoms with van der Waals surface area (Å²) in [6.07, 6.45) is 3.72. The van der Waals surface area contributed by atoms with E-state index < -0.39 is 11.2 Å². The summed E-state index contributed by atoms with van der Waals surface area (Å²) in [5.74, 6) is 0.0321. The highest BCUT2D eigenvalue weighted by molar-refractivity contribution is 8.00. The minimum atomic E-state index is -0.696. The summed E-state index contributed by atoms with van der Waals surface area (Å²) in [6, 6.07) is 14.8. The number of rotatable bonds is 9. The molecule has 0 aliphatic carbocycles. The number of thioether (sulfide) groups is 1. The molecule has 7 nitrogen and oxygen atoms in total. The molecule has 34 heavy (non-hydrogen) atoms. The zero-order chi connectivity index (χ0) is 24.8. The minimum absolute atomic E-state index is 0.124. The molecule has 2 aromatic rings. The number of carbonyl (C=O) groups is 1. The van der Waals surface area contributed by atoms with E-state index in [1.54, 1.807) is 0 Å². The molecule has 0 saturated carbocycles. The van der Waals surface area contributed by atoms with Crippen LogP contribution in [0.25, 0.3) is 0 Å². The Hall–Kier alpha value is -3.07. The number of aromatic nitrogens is 1. The Kier molecular flexibility index (Phi) is 8.55. The van der Waals surface area contributed by atoms with Gasteiger partial charge in [-0.15, -0.1) is 0 Å². The van der Waals surface area contributed by atoms with E-state index in [-0.39, 0.29) is 6.04 Å². The molecule has 1 aromatic carbocycles. The minimum Gasteiger partial charge on any atom is -0.368 e. The summed E-state index contributed by atoms with van der Waals surface area (Å²) in [5.41, 5.74) is 7.90. The van der Waals surface area contributed by atoms with Crippen molar-refractivity contribution in [1.29, 1.82) is 10.5 Å². The Morgan fingerprint density at radius 3 is 2.47 bits per heavy atom. The fourth-order valence-electron chi connectivity index (χ4n) is 4.54. The van der Waals surface area contributed by atoms with E-state index in [0.29, 0.717) is 46.0 Å². The van der Waals surface area contributed by atoms with Crippen LogP contribution in [0.5, 0.6) is 0 Å². The first-order chi connectivity index (χ1) is 16.3. The highest BCUT2D eigenvalue weighted by Gasteiger charge is 2.29. The number of nitriles is 2. The number of anilines is 1. The van der Waals surface area contributed by atoms with Crippen molar-refractivity contribution in [3.05, 3.63) is 52.6 Å². The molecule has 8 heteroatoms. The van der Waals surface area contributed by atoms with Crippen molar-refractivity contribution in [2.75, 3.05) is 11.9 Å². The highest BCUT2D eigenvalue weighted by Crippen LogP contribution is 2.39. The van der Waals surface area contributed by atoms with Crippen LogP contribution < -0.4 is 16.0 Å². The normalized spacial score (nSPS) is 19.1. The molecule has 1 amide bonds. The fourth-order valence-corrected chi connectivity index (χ4v) is 5.60. The van der Waals surface area contributed by atoms with Gasteiger partial charge in [0.1, 0.15) is 28.2 Å². The Bertz CT molecular complexity index is 1110. The van der Waals surface area contributed by atoms with Gasteiger partial charge in [0, 0.05) is 25.2 Å². The Morgan fingerprint density at radius 2 is 1.94 bits per heavy atom. The van der Waals surface area contributed by atoms with Crippen LogP contribution in [0.15, 0.2) is 35.4 Å². The first-order valence-corrected chi connectivity index (χ1v) is 12.5. The van der Waals surface area contributed by atoms with Crippen molar-refractivity contribution >= 4 is 23.5 Å². The number of hydrogen-bond donors (Lipinski definition) is 2. The number of primary amides is 1. The molecular formula is C26H32N6OS. The third-order valence-electron chi connectivity index (χ3n) is 6.51. The maximum absolute atomic E-state index is 12.3. The van der Waals surface area contributed by atoms with E-state index >= 15 is 0 Å². The molecule has 1 fully saturated rings. The van der Waals surface area contributed by atoms with Gasteiger partial charge in [0.05, 0.1) is 11.1 Å². The topological polar surface area (TPSA) is 119 Å². The molecule has 0 radical (unpaired) electrons. The number of amides is 1. The molecule has 178 valence electrons. The maximum atomic E-state index is 12.3. The van der Waals surface area contributed by atoms with Crippen LogP contribution in [0.3, 0.4) is 0 Å². The van der Waals surface area contributed by atoms with Gasteiger partial charge in [0.25, 0.3) is 0 Å². The van der Waals surface area contributed by atoms with E-state index in [1.807, 2.05) is 49.2 Å². The van der Waals surface area contributed by atoms with Gasteiger partial charge >= 0.3 is 0 Å². The SMILES string of the molecule is CCc1c(C#N)c(SC(C(N)=O)c2ccccc2)nc(N(C)C(C)CC2CCC(C)N2)c1C#N. The lowest BCUT2D eigenvalue weighted by Gasteiger charge is -2.30. The molecule has 4 atom stereocenters. The lowest BCUT2D eigenvalue weighted by molar-refractivity contribution is -0.117. The van der Waals surface area contributed by atoms with Crippen LogP contribution in [-0.4, -0.2) is 36.1 Å². The molecule has 1 aromatic heterocycles. The summed E-state index contributed by atoms with van der Waals surface area (Å²) < 4.78 is 0. The van der Waals surface area contributed by atoms with Gasteiger partial charge in [-0.05, 0) is 50.7 Å². The number of benzene rings is 1. The first-order valence-electron chi connectivity index (χ1n) is 11.7. The number of pyridine rings is 1. The monoisotopic (exact) mass is 476 g/mol. The van der Waals surface area contributed by atoms with Gasteiger partial charge in [-0.3, -0.25) is 4.79 Å². The van der Waals surface area contributed by atoms with E-state index in [0.717, 1.165) is 24.8 Å². The molecule has 1 aliphatic heterocycles. The summed E-state index contributed by atoms with van der Waals surface area (Å²) >= 11 is 1.17. The fraction of sp³-hybridized carbons (Fsp3) is 0.462. The summed E-state index contributed by atoms with van der Waals surface area (Å²) in [5, 5.41) is 23.3. The smallest absolute Gasteiger partial charge is 0.235 e. The number of nitrogens with two attached hydrogens (primary N) is 1. The predicted molar refractivity (Wildman–Crippen MR) is 135 cm³/mol. The van der Waals surface area contributed by atoms with Gasteiger partial charge in [-0.1, -0.05) is 49.0 Å². The molecule has 1 saturated heterocycles. The zero-order valence-corrected chi connectivity index (χ0v) is 21.0. The predicted octanol–water partition coefficient (Wildman–Crippen LogP) is 4.06. The van der Waals surface area contributed by atoms with Crippen LogP contribution in [0.1, 0.15) is 67.5 Å². The van der Waals surface area contributed by atoms with Crippen molar-refractivity contribution in [2.45, 2.75) is 74.9 Å². The van der Waals surface area contributed by atoms with Crippen LogP contribution in [0.4, 0.5) is 5.82 Å². The molecule has 0 spiro atoms. The number of carbonyl (C=O) groups excluding carboxylic acids is 1. The average Bonchev–Trinajstić information content (AvgIpc) is 3.25. The standard InChI is InChI=1S/C26H32N6OS/c1-5-20-21(14-27)25(32(4)17(3)13-19-12-11-16(2)30-19)31-26(22(20)15-28)34-23(24(29)33)18-9-7-6-8-10-18/h6-10,16-17,19,23,30H,5,11-13H2,1-4H3,(H2,29,33). The van der Waals surface area contributed by atoms with Crippen molar-refractivity contribution < 1.29 is 4.79 Å². The van der Waals surface area contributed by atoms with Crippen LogP contribution in [0, 0.1) is 22.7 Å². The summed E-state index contributed by atoms with van der Waals surface area (Å²) in [4.78, 5) is 19.2. The molecule has 3 N–H and O–H groups in total. The zero-order valence-electron chi connectivity index (χ0n) is 20.2. The van der Waals surface area contributed by atoms with Gasteiger partial charge < -0.3 is 16.0 Å². The molecular weight excluding hydrogens is 444 g/mol.